The number of hydrogen-bond donors (Lipinski definition) is 1. The molecule has 0 saturated carbocycles. The van der Waals surface area contributed by atoms with E-state index >= 15 is 0 Å². The summed E-state index contributed by atoms with van der Waals surface area (Å²) in [7, 11) is 3.88. The van der Waals surface area contributed by atoms with Crippen molar-refractivity contribution in [1.82, 2.24) is 19.4 Å². The van der Waals surface area contributed by atoms with Crippen LogP contribution in [0.2, 0.25) is 5.02 Å². The van der Waals surface area contributed by atoms with Crippen LogP contribution in [-0.4, -0.2) is 64.9 Å². The molecule has 0 aliphatic rings. The molecule has 0 bridgehead atoms. The number of hydrogen-bond acceptors (Lipinski definition) is 4. The average molecular weight is 530 g/mol. The first kappa shape index (κ1) is 27.1. The number of amides is 2. The molecule has 0 unspecified atom stereocenters. The molecule has 196 valence electrons. The number of carbonyl (C=O) groups is 2. The van der Waals surface area contributed by atoms with Crippen molar-refractivity contribution in [2.45, 2.75) is 13.3 Å². The topological polar surface area (TPSA) is 70.5 Å². The van der Waals surface area contributed by atoms with Gasteiger partial charge in [0.05, 0.1) is 18.7 Å². The number of rotatable bonds is 10. The third kappa shape index (κ3) is 7.31. The second-order valence-electron chi connectivity index (χ2n) is 9.49. The number of benzene rings is 3. The minimum absolute atomic E-state index is 0.0729. The van der Waals surface area contributed by atoms with Crippen LogP contribution >= 0.6 is 11.6 Å². The van der Waals surface area contributed by atoms with E-state index in [9.17, 15) is 9.59 Å². The number of nitrogens with one attached hydrogen (secondary N) is 1. The SMILES string of the molecule is Cc1ccc(-n2cc(-c3ccc(Cl)cc3)nc2NC(=O)CN(CCN(C)C)C(=O)Cc2ccccc2)cc1. The van der Waals surface area contributed by atoms with E-state index < -0.39 is 0 Å². The molecule has 0 aliphatic carbocycles. The van der Waals surface area contributed by atoms with Gasteiger partial charge in [0.2, 0.25) is 17.8 Å². The van der Waals surface area contributed by atoms with Gasteiger partial charge >= 0.3 is 0 Å². The van der Waals surface area contributed by atoms with Crippen molar-refractivity contribution in [2.24, 2.45) is 0 Å². The van der Waals surface area contributed by atoms with Crippen LogP contribution in [0.25, 0.3) is 16.9 Å². The van der Waals surface area contributed by atoms with Gasteiger partial charge in [0.25, 0.3) is 0 Å². The minimum Gasteiger partial charge on any atom is -0.332 e. The highest BCUT2D eigenvalue weighted by atomic mass is 35.5. The number of nitrogens with zero attached hydrogens (tertiary/aromatic N) is 4. The third-order valence-corrected chi connectivity index (χ3v) is 6.36. The maximum absolute atomic E-state index is 13.3. The summed E-state index contributed by atoms with van der Waals surface area (Å²) in [6.07, 6.45) is 2.12. The summed E-state index contributed by atoms with van der Waals surface area (Å²) < 4.78 is 1.84. The van der Waals surface area contributed by atoms with Crippen LogP contribution in [0.3, 0.4) is 0 Å². The Morgan fingerprint density at radius 1 is 0.921 bits per heavy atom. The Balaban J connectivity index is 1.57. The van der Waals surface area contributed by atoms with Crippen molar-refractivity contribution in [2.75, 3.05) is 39.0 Å². The van der Waals surface area contributed by atoms with E-state index in [1.165, 1.54) is 0 Å². The van der Waals surface area contributed by atoms with E-state index in [2.05, 4.69) is 5.32 Å². The molecule has 8 heteroatoms. The standard InChI is InChI=1S/C30H32ClN5O2/c1-22-9-15-26(16-10-22)36-20-27(24-11-13-25(31)14-12-24)32-30(36)33-28(37)21-35(18-17-34(2)3)29(38)19-23-7-5-4-6-8-23/h4-16,20H,17-19,21H2,1-3H3,(H,32,33,37). The minimum atomic E-state index is -0.313. The first-order valence-electron chi connectivity index (χ1n) is 12.5. The predicted octanol–water partition coefficient (Wildman–Crippen LogP) is 5.07. The summed E-state index contributed by atoms with van der Waals surface area (Å²) >= 11 is 6.07. The lowest BCUT2D eigenvalue weighted by atomic mass is 10.1. The van der Waals surface area contributed by atoms with Gasteiger partial charge in [-0.25, -0.2) is 4.98 Å². The van der Waals surface area contributed by atoms with Crippen molar-refractivity contribution in [3.05, 3.63) is 101 Å². The lowest BCUT2D eigenvalue weighted by Crippen LogP contribution is -2.42. The molecular weight excluding hydrogens is 498 g/mol. The van der Waals surface area contributed by atoms with Crippen molar-refractivity contribution in [1.29, 1.82) is 0 Å². The maximum atomic E-state index is 13.3. The number of aryl methyl sites for hydroxylation is 1. The molecule has 0 atom stereocenters. The van der Waals surface area contributed by atoms with Gasteiger partial charge in [0, 0.05) is 35.6 Å². The lowest BCUT2D eigenvalue weighted by Gasteiger charge is -2.24. The number of aromatic nitrogens is 2. The van der Waals surface area contributed by atoms with Gasteiger partial charge < -0.3 is 9.80 Å². The molecule has 1 heterocycles. The van der Waals surface area contributed by atoms with Gasteiger partial charge in [-0.2, -0.15) is 0 Å². The second-order valence-corrected chi connectivity index (χ2v) is 9.93. The maximum Gasteiger partial charge on any atom is 0.246 e. The van der Waals surface area contributed by atoms with E-state index in [1.807, 2.05) is 103 Å². The predicted molar refractivity (Wildman–Crippen MR) is 153 cm³/mol. The van der Waals surface area contributed by atoms with Crippen LogP contribution in [0.5, 0.6) is 0 Å². The highest BCUT2D eigenvalue weighted by Gasteiger charge is 2.20. The molecule has 0 aliphatic heterocycles. The fourth-order valence-corrected chi connectivity index (χ4v) is 4.09. The smallest absolute Gasteiger partial charge is 0.246 e. The van der Waals surface area contributed by atoms with Crippen LogP contribution < -0.4 is 5.32 Å². The van der Waals surface area contributed by atoms with Gasteiger partial charge in [-0.3, -0.25) is 19.5 Å². The van der Waals surface area contributed by atoms with Crippen LogP contribution in [-0.2, 0) is 16.0 Å². The van der Waals surface area contributed by atoms with Crippen LogP contribution in [0.4, 0.5) is 5.95 Å². The van der Waals surface area contributed by atoms with Gasteiger partial charge in [-0.05, 0) is 50.8 Å². The number of carbonyl (C=O) groups excluding carboxylic acids is 2. The summed E-state index contributed by atoms with van der Waals surface area (Å²) in [5, 5.41) is 3.58. The molecule has 4 aromatic rings. The van der Waals surface area contributed by atoms with E-state index in [0.29, 0.717) is 29.8 Å². The molecule has 2 amide bonds. The fraction of sp³-hybridized carbons (Fsp3) is 0.233. The van der Waals surface area contributed by atoms with Gasteiger partial charge in [-0.1, -0.05) is 71.8 Å². The normalized spacial score (nSPS) is 11.0. The molecule has 1 N–H and O–H groups in total. The highest BCUT2D eigenvalue weighted by Crippen LogP contribution is 2.26. The summed E-state index contributed by atoms with van der Waals surface area (Å²) in [5.74, 6) is -0.0319. The Kier molecular flexibility index (Phi) is 8.94. The van der Waals surface area contributed by atoms with Gasteiger partial charge in [0.1, 0.15) is 0 Å². The van der Waals surface area contributed by atoms with E-state index in [4.69, 9.17) is 16.6 Å². The largest absolute Gasteiger partial charge is 0.332 e. The number of likely N-dealkylation sites (N-methyl/N-ethyl adjacent to an activating group) is 1. The summed E-state index contributed by atoms with van der Waals surface area (Å²) in [5.41, 5.74) is 4.48. The molecule has 38 heavy (non-hydrogen) atoms. The van der Waals surface area contributed by atoms with E-state index in [-0.39, 0.29) is 24.8 Å². The molecule has 7 nitrogen and oxygen atoms in total. The molecule has 0 fully saturated rings. The Bertz CT molecular complexity index is 1370. The van der Waals surface area contributed by atoms with Crippen LogP contribution in [0.1, 0.15) is 11.1 Å². The number of imidazole rings is 1. The highest BCUT2D eigenvalue weighted by molar-refractivity contribution is 6.30. The molecule has 0 spiro atoms. The van der Waals surface area contributed by atoms with Gasteiger partial charge in [-0.15, -0.1) is 0 Å². The fourth-order valence-electron chi connectivity index (χ4n) is 3.96. The van der Waals surface area contributed by atoms with E-state index in [1.54, 1.807) is 17.0 Å². The zero-order chi connectivity index (χ0) is 27.1. The van der Waals surface area contributed by atoms with E-state index in [0.717, 1.165) is 22.4 Å². The number of halogens is 1. The van der Waals surface area contributed by atoms with Gasteiger partial charge in [0.15, 0.2) is 0 Å². The van der Waals surface area contributed by atoms with Crippen molar-refractivity contribution >= 4 is 29.4 Å². The monoisotopic (exact) mass is 529 g/mol. The van der Waals surface area contributed by atoms with Crippen molar-refractivity contribution in [3.63, 3.8) is 0 Å². The lowest BCUT2D eigenvalue weighted by molar-refractivity contribution is -0.134. The zero-order valence-electron chi connectivity index (χ0n) is 21.9. The molecule has 0 radical (unpaired) electrons. The van der Waals surface area contributed by atoms with Crippen LogP contribution in [0, 0.1) is 6.92 Å². The average Bonchev–Trinajstić information content (AvgIpc) is 3.31. The molecule has 3 aromatic carbocycles. The first-order chi connectivity index (χ1) is 18.3. The van der Waals surface area contributed by atoms with Crippen molar-refractivity contribution in [3.8, 4) is 16.9 Å². The summed E-state index contributed by atoms with van der Waals surface area (Å²) in [4.78, 5) is 34.7. The Hall–Kier alpha value is -3.94. The molecule has 4 rings (SSSR count). The summed E-state index contributed by atoms with van der Waals surface area (Å²) in [6, 6.07) is 24.9. The summed E-state index contributed by atoms with van der Waals surface area (Å²) in [6.45, 7) is 3.03. The third-order valence-electron chi connectivity index (χ3n) is 6.11. The molecule has 1 aromatic heterocycles. The second kappa shape index (κ2) is 12.5. The Labute approximate surface area is 228 Å². The Morgan fingerprint density at radius 2 is 1.61 bits per heavy atom. The number of anilines is 1. The quantitative estimate of drug-likeness (QED) is 0.311. The zero-order valence-corrected chi connectivity index (χ0v) is 22.7. The Morgan fingerprint density at radius 3 is 2.26 bits per heavy atom. The van der Waals surface area contributed by atoms with Crippen LogP contribution in [0.15, 0.2) is 85.1 Å². The van der Waals surface area contributed by atoms with Crippen molar-refractivity contribution < 1.29 is 9.59 Å². The first-order valence-corrected chi connectivity index (χ1v) is 12.8. The molecular formula is C30H32ClN5O2. The molecule has 0 saturated heterocycles.